The summed E-state index contributed by atoms with van der Waals surface area (Å²) in [5.74, 6) is 1.68. The summed E-state index contributed by atoms with van der Waals surface area (Å²) in [6.07, 6.45) is 2.46. The number of piperidine rings is 1. The molecule has 3 heterocycles. The molecule has 26 heavy (non-hydrogen) atoms. The van der Waals surface area contributed by atoms with E-state index in [1.165, 1.54) is 25.0 Å². The minimum Gasteiger partial charge on any atom is -0.368 e. The predicted molar refractivity (Wildman–Crippen MR) is 103 cm³/mol. The van der Waals surface area contributed by atoms with Crippen LogP contribution in [0.25, 0.3) is 11.3 Å². The van der Waals surface area contributed by atoms with Crippen LogP contribution in [0.3, 0.4) is 0 Å². The largest absolute Gasteiger partial charge is 0.368 e. The molecule has 9 heteroatoms. The van der Waals surface area contributed by atoms with Crippen LogP contribution < -0.4 is 16.0 Å². The summed E-state index contributed by atoms with van der Waals surface area (Å²) in [7, 11) is 0. The van der Waals surface area contributed by atoms with Crippen molar-refractivity contribution in [1.82, 2.24) is 15.3 Å². The summed E-state index contributed by atoms with van der Waals surface area (Å²) in [4.78, 5) is 21.3. The predicted octanol–water partition coefficient (Wildman–Crippen LogP) is 2.24. The van der Waals surface area contributed by atoms with Crippen LogP contribution >= 0.6 is 12.4 Å². The van der Waals surface area contributed by atoms with Gasteiger partial charge in [-0.2, -0.15) is 4.98 Å². The number of aromatic nitrogens is 2. The van der Waals surface area contributed by atoms with Crippen molar-refractivity contribution in [3.8, 4) is 11.3 Å². The number of rotatable bonds is 3. The molecule has 1 aromatic carbocycles. The zero-order valence-corrected chi connectivity index (χ0v) is 15.0. The van der Waals surface area contributed by atoms with E-state index in [-0.39, 0.29) is 24.0 Å². The van der Waals surface area contributed by atoms with Crippen molar-refractivity contribution < 1.29 is 4.92 Å². The monoisotopic (exact) mass is 376 g/mol. The number of anilines is 2. The van der Waals surface area contributed by atoms with Gasteiger partial charge in [0.2, 0.25) is 5.95 Å². The molecule has 2 aliphatic heterocycles. The summed E-state index contributed by atoms with van der Waals surface area (Å²) in [6, 6.07) is 8.75. The molecule has 0 amide bonds. The number of nitrogens with two attached hydrogens (primary N) is 1. The molecule has 0 radical (unpaired) electrons. The van der Waals surface area contributed by atoms with Gasteiger partial charge in [0.05, 0.1) is 10.6 Å². The lowest BCUT2D eigenvalue weighted by Gasteiger charge is -2.24. The smallest absolute Gasteiger partial charge is 0.269 e. The van der Waals surface area contributed by atoms with Crippen molar-refractivity contribution in [2.45, 2.75) is 18.9 Å². The van der Waals surface area contributed by atoms with E-state index in [2.05, 4.69) is 20.2 Å². The van der Waals surface area contributed by atoms with E-state index in [4.69, 9.17) is 5.73 Å². The van der Waals surface area contributed by atoms with Crippen molar-refractivity contribution in [2.24, 2.45) is 5.92 Å². The lowest BCUT2D eigenvalue weighted by atomic mass is 9.94. The van der Waals surface area contributed by atoms with Gasteiger partial charge < -0.3 is 16.0 Å². The number of nitrogens with one attached hydrogen (secondary N) is 1. The van der Waals surface area contributed by atoms with E-state index >= 15 is 0 Å². The van der Waals surface area contributed by atoms with E-state index in [0.717, 1.165) is 31.0 Å². The second-order valence-corrected chi connectivity index (χ2v) is 6.64. The molecule has 0 spiro atoms. The molecule has 2 atom stereocenters. The Morgan fingerprint density at radius 1 is 1.23 bits per heavy atom. The lowest BCUT2D eigenvalue weighted by Crippen LogP contribution is -2.40. The highest BCUT2D eigenvalue weighted by Gasteiger charge is 2.35. The normalized spacial score (nSPS) is 21.8. The van der Waals surface area contributed by atoms with Crippen LogP contribution in [0, 0.1) is 16.0 Å². The zero-order valence-electron chi connectivity index (χ0n) is 14.2. The van der Waals surface area contributed by atoms with Crippen LogP contribution in [-0.4, -0.2) is 40.6 Å². The first-order chi connectivity index (χ1) is 12.1. The average Bonchev–Trinajstić information content (AvgIpc) is 3.05. The molecule has 1 aromatic heterocycles. The van der Waals surface area contributed by atoms with Gasteiger partial charge in [-0.25, -0.2) is 4.98 Å². The number of fused-ring (bicyclic) bond motifs is 1. The zero-order chi connectivity index (χ0) is 17.4. The van der Waals surface area contributed by atoms with Gasteiger partial charge >= 0.3 is 0 Å². The third-order valence-electron chi connectivity index (χ3n) is 5.03. The molecule has 4 rings (SSSR count). The van der Waals surface area contributed by atoms with E-state index in [1.807, 2.05) is 6.07 Å². The van der Waals surface area contributed by atoms with Crippen molar-refractivity contribution in [2.75, 3.05) is 30.3 Å². The van der Waals surface area contributed by atoms with Gasteiger partial charge in [-0.3, -0.25) is 10.1 Å². The number of halogens is 1. The topological polar surface area (TPSA) is 110 Å². The second kappa shape index (κ2) is 7.43. The number of benzene rings is 1. The SMILES string of the molecule is Cl.Nc1nc(-c2ccc([N+](=O)[O-])cc2)cc(N2C[C@H]3CCCN[C@H]3C2)n1. The van der Waals surface area contributed by atoms with Gasteiger partial charge in [0.15, 0.2) is 0 Å². The summed E-state index contributed by atoms with van der Waals surface area (Å²) in [5, 5.41) is 14.4. The number of nitro groups is 1. The van der Waals surface area contributed by atoms with E-state index in [1.54, 1.807) is 12.1 Å². The lowest BCUT2D eigenvalue weighted by molar-refractivity contribution is -0.384. The molecule has 138 valence electrons. The first kappa shape index (κ1) is 18.3. The Hall–Kier alpha value is -2.45. The van der Waals surface area contributed by atoms with Crippen molar-refractivity contribution in [1.29, 1.82) is 0 Å². The van der Waals surface area contributed by atoms with Gasteiger partial charge in [-0.1, -0.05) is 0 Å². The fourth-order valence-corrected chi connectivity index (χ4v) is 3.75. The van der Waals surface area contributed by atoms with Crippen LogP contribution in [0.5, 0.6) is 0 Å². The molecule has 0 bridgehead atoms. The van der Waals surface area contributed by atoms with Crippen LogP contribution in [-0.2, 0) is 0 Å². The molecule has 2 aromatic rings. The second-order valence-electron chi connectivity index (χ2n) is 6.64. The third-order valence-corrected chi connectivity index (χ3v) is 5.03. The van der Waals surface area contributed by atoms with Gasteiger partial charge in [0.25, 0.3) is 5.69 Å². The minimum absolute atomic E-state index is 0. The third kappa shape index (κ3) is 3.56. The maximum Gasteiger partial charge on any atom is 0.269 e. The van der Waals surface area contributed by atoms with Crippen LogP contribution in [0.4, 0.5) is 17.5 Å². The Labute approximate surface area is 157 Å². The number of nitrogen functional groups attached to an aromatic ring is 1. The molecule has 2 saturated heterocycles. The maximum atomic E-state index is 10.8. The average molecular weight is 377 g/mol. The fraction of sp³-hybridized carbons (Fsp3) is 0.412. The Kier molecular flexibility index (Phi) is 5.24. The summed E-state index contributed by atoms with van der Waals surface area (Å²) < 4.78 is 0. The van der Waals surface area contributed by atoms with Crippen LogP contribution in [0.2, 0.25) is 0 Å². The van der Waals surface area contributed by atoms with Crippen LogP contribution in [0.1, 0.15) is 12.8 Å². The highest BCUT2D eigenvalue weighted by molar-refractivity contribution is 5.85. The highest BCUT2D eigenvalue weighted by Crippen LogP contribution is 2.30. The fourth-order valence-electron chi connectivity index (χ4n) is 3.75. The number of nitro benzene ring substituents is 1. The van der Waals surface area contributed by atoms with Gasteiger partial charge in [0.1, 0.15) is 5.82 Å². The van der Waals surface area contributed by atoms with Gasteiger partial charge in [-0.15, -0.1) is 12.4 Å². The van der Waals surface area contributed by atoms with Gasteiger partial charge in [0, 0.05) is 42.9 Å². The molecule has 2 fully saturated rings. The number of hydrogen-bond acceptors (Lipinski definition) is 7. The van der Waals surface area contributed by atoms with Gasteiger partial charge in [-0.05, 0) is 37.4 Å². The molecule has 0 aliphatic carbocycles. The van der Waals surface area contributed by atoms with E-state index < -0.39 is 4.92 Å². The molecule has 8 nitrogen and oxygen atoms in total. The van der Waals surface area contributed by atoms with Crippen molar-refractivity contribution >= 4 is 29.9 Å². The first-order valence-corrected chi connectivity index (χ1v) is 8.48. The maximum absolute atomic E-state index is 10.8. The first-order valence-electron chi connectivity index (χ1n) is 8.48. The van der Waals surface area contributed by atoms with Crippen LogP contribution in [0.15, 0.2) is 30.3 Å². The molecule has 3 N–H and O–H groups in total. The summed E-state index contributed by atoms with van der Waals surface area (Å²) in [6.45, 7) is 2.96. The highest BCUT2D eigenvalue weighted by atomic mass is 35.5. The Balaban J connectivity index is 0.00000196. The number of non-ortho nitro benzene ring substituents is 1. The van der Waals surface area contributed by atoms with Crippen molar-refractivity contribution in [3.63, 3.8) is 0 Å². The molecular formula is C17H21ClN6O2. The Morgan fingerprint density at radius 3 is 2.69 bits per heavy atom. The quantitative estimate of drug-likeness (QED) is 0.624. The number of nitrogens with zero attached hydrogens (tertiary/aromatic N) is 4. The summed E-state index contributed by atoms with van der Waals surface area (Å²) in [5.41, 5.74) is 7.44. The Bertz CT molecular complexity index is 786. The summed E-state index contributed by atoms with van der Waals surface area (Å²) >= 11 is 0. The molecule has 0 unspecified atom stereocenters. The molecular weight excluding hydrogens is 356 g/mol. The van der Waals surface area contributed by atoms with Crippen molar-refractivity contribution in [3.05, 3.63) is 40.4 Å². The number of hydrogen-bond donors (Lipinski definition) is 2. The standard InChI is InChI=1S/C17H20N6O2.ClH/c18-17-20-14(11-3-5-13(6-4-11)23(24)25)8-16(21-17)22-9-12-2-1-7-19-15(12)10-22;/h3-6,8,12,15,19H,1-2,7,9-10H2,(H2,18,20,21);1H/t12-,15+;/m1./s1. The molecule has 0 saturated carbocycles. The van der Waals surface area contributed by atoms with E-state index in [0.29, 0.717) is 17.7 Å². The van der Waals surface area contributed by atoms with E-state index in [9.17, 15) is 10.1 Å². The minimum atomic E-state index is -0.414. The Morgan fingerprint density at radius 2 is 2.00 bits per heavy atom. The molecule has 2 aliphatic rings.